The lowest BCUT2D eigenvalue weighted by Gasteiger charge is -2.22. The minimum Gasteiger partial charge on any atom is -0.324 e. The molecule has 124 valence electrons. The summed E-state index contributed by atoms with van der Waals surface area (Å²) in [6.07, 6.45) is 0. The van der Waals surface area contributed by atoms with Crippen molar-refractivity contribution in [3.05, 3.63) is 58.6 Å². The number of rotatable bonds is 3. The van der Waals surface area contributed by atoms with Gasteiger partial charge in [-0.25, -0.2) is 12.7 Å². The lowest BCUT2D eigenvalue weighted by Crippen LogP contribution is -2.45. The molecule has 1 heterocycles. The van der Waals surface area contributed by atoms with Crippen molar-refractivity contribution in [3.63, 3.8) is 0 Å². The quantitative estimate of drug-likeness (QED) is 0.845. The molecule has 8 heteroatoms. The highest BCUT2D eigenvalue weighted by atomic mass is 79.9. The van der Waals surface area contributed by atoms with Gasteiger partial charge in [0, 0.05) is 10.2 Å². The Morgan fingerprint density at radius 2 is 1.75 bits per heavy atom. The Hall–Kier alpha value is -2.19. The van der Waals surface area contributed by atoms with Crippen LogP contribution in [0.5, 0.6) is 0 Å². The molecule has 0 saturated carbocycles. The maximum Gasteiger partial charge on any atom is 0.269 e. The smallest absolute Gasteiger partial charge is 0.269 e. The molecule has 1 N–H and O–H groups in total. The summed E-state index contributed by atoms with van der Waals surface area (Å²) in [5, 5.41) is 2.61. The average molecular weight is 409 g/mol. The highest BCUT2D eigenvalue weighted by Crippen LogP contribution is 2.31. The number of amides is 2. The Balaban J connectivity index is 1.87. The first kappa shape index (κ1) is 16.7. The summed E-state index contributed by atoms with van der Waals surface area (Å²) >= 11 is 3.29. The van der Waals surface area contributed by atoms with Crippen LogP contribution in [0.3, 0.4) is 0 Å². The number of anilines is 1. The normalized spacial score (nSPS) is 16.6. The average Bonchev–Trinajstić information content (AvgIpc) is 2.76. The molecule has 0 radical (unpaired) electrons. The zero-order valence-corrected chi connectivity index (χ0v) is 15.0. The second kappa shape index (κ2) is 6.03. The third-order valence-corrected chi connectivity index (χ3v) is 6.14. The number of benzene rings is 2. The zero-order chi connectivity index (χ0) is 17.5. The predicted molar refractivity (Wildman–Crippen MR) is 92.0 cm³/mol. The van der Waals surface area contributed by atoms with Gasteiger partial charge in [0.15, 0.2) is 0 Å². The van der Waals surface area contributed by atoms with E-state index < -0.39 is 27.9 Å². The van der Waals surface area contributed by atoms with Crippen molar-refractivity contribution in [2.75, 3.05) is 5.32 Å². The third kappa shape index (κ3) is 2.71. The molecule has 3 rings (SSSR count). The van der Waals surface area contributed by atoms with Gasteiger partial charge in [-0.3, -0.25) is 9.59 Å². The number of fused-ring (bicyclic) bond motifs is 1. The van der Waals surface area contributed by atoms with E-state index in [-0.39, 0.29) is 10.5 Å². The van der Waals surface area contributed by atoms with Gasteiger partial charge >= 0.3 is 0 Å². The highest BCUT2D eigenvalue weighted by Gasteiger charge is 2.45. The lowest BCUT2D eigenvalue weighted by atomic mass is 10.2. The second-order valence-electron chi connectivity index (χ2n) is 5.27. The zero-order valence-electron chi connectivity index (χ0n) is 12.6. The minimum absolute atomic E-state index is 0.0710. The Morgan fingerprint density at radius 3 is 2.38 bits per heavy atom. The van der Waals surface area contributed by atoms with Gasteiger partial charge < -0.3 is 5.32 Å². The molecule has 0 saturated heterocycles. The summed E-state index contributed by atoms with van der Waals surface area (Å²) in [7, 11) is -4.02. The number of halogens is 1. The number of sulfonamides is 1. The fraction of sp³-hybridized carbons (Fsp3) is 0.125. The van der Waals surface area contributed by atoms with Gasteiger partial charge in [-0.1, -0.05) is 28.1 Å². The molecule has 6 nitrogen and oxygen atoms in total. The Bertz CT molecular complexity index is 925. The van der Waals surface area contributed by atoms with Crippen molar-refractivity contribution in [2.45, 2.75) is 17.9 Å². The van der Waals surface area contributed by atoms with Gasteiger partial charge in [0.2, 0.25) is 5.91 Å². The lowest BCUT2D eigenvalue weighted by molar-refractivity contribution is -0.118. The van der Waals surface area contributed by atoms with Crippen LogP contribution in [-0.4, -0.2) is 30.6 Å². The first-order valence-corrected chi connectivity index (χ1v) is 9.30. The Kier molecular flexibility index (Phi) is 4.18. The second-order valence-corrected chi connectivity index (χ2v) is 7.97. The van der Waals surface area contributed by atoms with E-state index in [1.807, 2.05) is 0 Å². The first-order valence-electron chi connectivity index (χ1n) is 7.06. The Morgan fingerprint density at radius 1 is 1.12 bits per heavy atom. The van der Waals surface area contributed by atoms with Crippen LogP contribution in [-0.2, 0) is 14.8 Å². The standard InChI is InChI=1S/C16H13BrN2O4S/c1-10(15(20)18-12-8-6-11(17)7-9-12)19-16(21)13-4-2-3-5-14(13)24(19,22)23/h2-10H,1H3,(H,18,20). The van der Waals surface area contributed by atoms with Crippen LogP contribution in [0.15, 0.2) is 57.9 Å². The molecule has 0 fully saturated rings. The van der Waals surface area contributed by atoms with Crippen LogP contribution in [0.1, 0.15) is 17.3 Å². The van der Waals surface area contributed by atoms with Gasteiger partial charge in [-0.2, -0.15) is 0 Å². The van der Waals surface area contributed by atoms with E-state index in [9.17, 15) is 18.0 Å². The minimum atomic E-state index is -4.02. The van der Waals surface area contributed by atoms with Crippen molar-refractivity contribution in [1.82, 2.24) is 4.31 Å². The van der Waals surface area contributed by atoms with Crippen molar-refractivity contribution in [2.24, 2.45) is 0 Å². The van der Waals surface area contributed by atoms with E-state index in [1.54, 1.807) is 36.4 Å². The number of hydrogen-bond acceptors (Lipinski definition) is 4. The van der Waals surface area contributed by atoms with Crippen molar-refractivity contribution >= 4 is 43.5 Å². The number of nitrogens with zero attached hydrogens (tertiary/aromatic N) is 1. The van der Waals surface area contributed by atoms with Crippen LogP contribution in [0, 0.1) is 0 Å². The summed E-state index contributed by atoms with van der Waals surface area (Å²) < 4.78 is 26.6. The molecule has 2 aromatic rings. The molecule has 0 aromatic heterocycles. The topological polar surface area (TPSA) is 83.6 Å². The van der Waals surface area contributed by atoms with Gasteiger partial charge in [-0.05, 0) is 43.3 Å². The maximum atomic E-state index is 12.6. The summed E-state index contributed by atoms with van der Waals surface area (Å²) in [5.41, 5.74) is 0.595. The monoisotopic (exact) mass is 408 g/mol. The highest BCUT2D eigenvalue weighted by molar-refractivity contribution is 9.10. The van der Waals surface area contributed by atoms with E-state index in [4.69, 9.17) is 0 Å². The number of carbonyl (C=O) groups excluding carboxylic acids is 2. The molecule has 0 aliphatic carbocycles. The van der Waals surface area contributed by atoms with Crippen LogP contribution >= 0.6 is 15.9 Å². The molecule has 1 unspecified atom stereocenters. The molecule has 0 spiro atoms. The van der Waals surface area contributed by atoms with Gasteiger partial charge in [0.05, 0.1) is 5.56 Å². The van der Waals surface area contributed by atoms with Crippen LogP contribution < -0.4 is 5.32 Å². The van der Waals surface area contributed by atoms with E-state index >= 15 is 0 Å². The van der Waals surface area contributed by atoms with E-state index in [0.717, 1.165) is 4.47 Å². The van der Waals surface area contributed by atoms with Crippen molar-refractivity contribution < 1.29 is 18.0 Å². The Labute approximate surface area is 147 Å². The van der Waals surface area contributed by atoms with Crippen LogP contribution in [0.25, 0.3) is 0 Å². The van der Waals surface area contributed by atoms with Crippen LogP contribution in [0.4, 0.5) is 5.69 Å². The van der Waals surface area contributed by atoms with E-state index in [0.29, 0.717) is 9.99 Å². The summed E-state index contributed by atoms with van der Waals surface area (Å²) in [6.45, 7) is 1.38. The molecule has 1 aliphatic rings. The largest absolute Gasteiger partial charge is 0.324 e. The van der Waals surface area contributed by atoms with Crippen molar-refractivity contribution in [3.8, 4) is 0 Å². The number of carbonyl (C=O) groups is 2. The van der Waals surface area contributed by atoms with Gasteiger partial charge in [0.1, 0.15) is 10.9 Å². The number of hydrogen-bond donors (Lipinski definition) is 1. The molecular formula is C16H13BrN2O4S. The molecule has 0 bridgehead atoms. The van der Waals surface area contributed by atoms with Crippen molar-refractivity contribution in [1.29, 1.82) is 0 Å². The fourth-order valence-corrected chi connectivity index (χ4v) is 4.46. The number of nitrogens with one attached hydrogen (secondary N) is 1. The molecule has 1 atom stereocenters. The molecule has 1 aliphatic heterocycles. The van der Waals surface area contributed by atoms with Crippen LogP contribution in [0.2, 0.25) is 0 Å². The maximum absolute atomic E-state index is 12.6. The summed E-state index contributed by atoms with van der Waals surface area (Å²) in [4.78, 5) is 24.7. The van der Waals surface area contributed by atoms with E-state index in [1.165, 1.54) is 19.1 Å². The first-order chi connectivity index (χ1) is 11.3. The molecular weight excluding hydrogens is 396 g/mol. The molecule has 24 heavy (non-hydrogen) atoms. The summed E-state index contributed by atoms with van der Waals surface area (Å²) in [5.74, 6) is -1.27. The fourth-order valence-electron chi connectivity index (χ4n) is 2.47. The SMILES string of the molecule is CC(C(=O)Nc1ccc(Br)cc1)N1C(=O)c2ccccc2S1(=O)=O. The van der Waals surface area contributed by atoms with Gasteiger partial charge in [-0.15, -0.1) is 0 Å². The summed E-state index contributed by atoms with van der Waals surface area (Å²) in [6, 6.07) is 11.6. The van der Waals surface area contributed by atoms with Gasteiger partial charge in [0.25, 0.3) is 15.9 Å². The predicted octanol–water partition coefficient (Wildman–Crippen LogP) is 2.62. The molecule has 2 amide bonds. The third-order valence-electron chi connectivity index (χ3n) is 3.70. The van der Waals surface area contributed by atoms with E-state index in [2.05, 4.69) is 21.2 Å². The molecule has 2 aromatic carbocycles.